The standard InChI is InChI=1S/C32H38N2O2.C4H10.C2H6/c1-4-19-35-27-15-13-25(14-16-27)31-29(24-9-7-6-8-10-24)30-28(17-18-33-32(30)36-31)34-21-23-11-12-26(20-23)22(3)5-2;1-4(2)3;1-2/h6-10,13-18,22-23,26H,4-5,11-12,19-21H2,1-3H3,(H,33,34);4H,1-3H3;1-2H3. The van der Waals surface area contributed by atoms with Crippen LogP contribution in [0.15, 0.2) is 71.3 Å². The maximum absolute atomic E-state index is 6.44. The van der Waals surface area contributed by atoms with Crippen molar-refractivity contribution in [3.05, 3.63) is 66.9 Å². The molecule has 0 aliphatic heterocycles. The van der Waals surface area contributed by atoms with Crippen LogP contribution in [-0.2, 0) is 0 Å². The first-order valence-electron chi connectivity index (χ1n) is 16.3. The Balaban J connectivity index is 0.000000745. The van der Waals surface area contributed by atoms with Crippen LogP contribution >= 0.6 is 0 Å². The van der Waals surface area contributed by atoms with Gasteiger partial charge in [0, 0.05) is 29.6 Å². The maximum atomic E-state index is 6.44. The van der Waals surface area contributed by atoms with Gasteiger partial charge in [0.25, 0.3) is 0 Å². The molecule has 1 aliphatic carbocycles. The van der Waals surface area contributed by atoms with E-state index in [1.165, 1.54) is 25.7 Å². The lowest BCUT2D eigenvalue weighted by Gasteiger charge is -2.18. The highest BCUT2D eigenvalue weighted by Gasteiger charge is 2.28. The van der Waals surface area contributed by atoms with Crippen molar-refractivity contribution in [3.8, 4) is 28.2 Å². The SMILES string of the molecule is CC.CC(C)C.CCCOc1ccc(-c2oc3nccc(NCC4CCC(C(C)CC)C4)c3c2-c2ccccc2)cc1. The number of nitrogens with one attached hydrogen (secondary N) is 1. The van der Waals surface area contributed by atoms with E-state index in [2.05, 4.69) is 100 Å². The Hall–Kier alpha value is -3.27. The fourth-order valence-electron chi connectivity index (χ4n) is 5.58. The van der Waals surface area contributed by atoms with Crippen LogP contribution in [0.1, 0.15) is 87.5 Å². The molecular weight excluding hydrogens is 516 g/mol. The molecule has 1 fully saturated rings. The number of nitrogens with zero attached hydrogens (tertiary/aromatic N) is 1. The number of benzene rings is 2. The number of pyridine rings is 1. The maximum Gasteiger partial charge on any atom is 0.229 e. The molecule has 228 valence electrons. The summed E-state index contributed by atoms with van der Waals surface area (Å²) in [6, 6.07) is 20.8. The third kappa shape index (κ3) is 8.86. The van der Waals surface area contributed by atoms with Gasteiger partial charge in [-0.3, -0.25) is 0 Å². The molecule has 5 rings (SSSR count). The molecule has 4 nitrogen and oxygen atoms in total. The van der Waals surface area contributed by atoms with Gasteiger partial charge in [0.05, 0.1) is 12.0 Å². The zero-order chi connectivity index (χ0) is 30.5. The van der Waals surface area contributed by atoms with Crippen molar-refractivity contribution >= 4 is 16.8 Å². The van der Waals surface area contributed by atoms with Crippen LogP contribution in [-0.4, -0.2) is 18.1 Å². The molecular formula is C38H54N2O2. The van der Waals surface area contributed by atoms with Crippen molar-refractivity contribution in [2.75, 3.05) is 18.5 Å². The third-order valence-corrected chi connectivity index (χ3v) is 7.86. The Labute approximate surface area is 255 Å². The second-order valence-corrected chi connectivity index (χ2v) is 12.0. The molecule has 2 aromatic heterocycles. The van der Waals surface area contributed by atoms with Gasteiger partial charge in [0.15, 0.2) is 0 Å². The van der Waals surface area contributed by atoms with Crippen molar-refractivity contribution in [2.45, 2.75) is 87.5 Å². The molecule has 4 heteroatoms. The van der Waals surface area contributed by atoms with Crippen molar-refractivity contribution in [2.24, 2.45) is 23.7 Å². The molecule has 3 atom stereocenters. The van der Waals surface area contributed by atoms with E-state index in [1.807, 2.05) is 32.2 Å². The first-order valence-corrected chi connectivity index (χ1v) is 16.3. The minimum atomic E-state index is 0.670. The molecule has 3 unspecified atom stereocenters. The molecule has 1 N–H and O–H groups in total. The predicted octanol–water partition coefficient (Wildman–Crippen LogP) is 11.5. The molecule has 2 heterocycles. The average Bonchev–Trinajstić information content (AvgIpc) is 3.66. The van der Waals surface area contributed by atoms with Crippen molar-refractivity contribution < 1.29 is 9.15 Å². The van der Waals surface area contributed by atoms with Gasteiger partial charge in [-0.2, -0.15) is 0 Å². The topological polar surface area (TPSA) is 47.3 Å². The number of anilines is 1. The summed E-state index contributed by atoms with van der Waals surface area (Å²) in [5.74, 6) is 4.96. The highest BCUT2D eigenvalue weighted by atomic mass is 16.5. The van der Waals surface area contributed by atoms with E-state index in [0.29, 0.717) is 5.71 Å². The molecule has 4 aromatic rings. The van der Waals surface area contributed by atoms with Gasteiger partial charge in [0.2, 0.25) is 5.71 Å². The second-order valence-electron chi connectivity index (χ2n) is 12.0. The number of ether oxygens (including phenoxy) is 1. The van der Waals surface area contributed by atoms with Crippen molar-refractivity contribution in [1.82, 2.24) is 4.98 Å². The van der Waals surface area contributed by atoms with Crippen LogP contribution in [0.3, 0.4) is 0 Å². The Morgan fingerprint density at radius 2 is 1.60 bits per heavy atom. The Morgan fingerprint density at radius 3 is 2.24 bits per heavy atom. The van der Waals surface area contributed by atoms with Crippen LogP contribution in [0.2, 0.25) is 0 Å². The Kier molecular flexibility index (Phi) is 13.4. The van der Waals surface area contributed by atoms with Gasteiger partial charge in [0.1, 0.15) is 11.5 Å². The smallest absolute Gasteiger partial charge is 0.229 e. The van der Waals surface area contributed by atoms with Gasteiger partial charge in [-0.15, -0.1) is 0 Å². The van der Waals surface area contributed by atoms with Crippen LogP contribution in [0, 0.1) is 23.7 Å². The summed E-state index contributed by atoms with van der Waals surface area (Å²) in [4.78, 5) is 4.63. The molecule has 42 heavy (non-hydrogen) atoms. The highest BCUT2D eigenvalue weighted by Crippen LogP contribution is 2.44. The molecule has 0 bridgehead atoms. The van der Waals surface area contributed by atoms with E-state index >= 15 is 0 Å². The van der Waals surface area contributed by atoms with Gasteiger partial charge in [-0.05, 0) is 85.3 Å². The number of hydrogen-bond acceptors (Lipinski definition) is 4. The van der Waals surface area contributed by atoms with Crippen molar-refractivity contribution in [1.29, 1.82) is 0 Å². The van der Waals surface area contributed by atoms with E-state index in [1.54, 1.807) is 0 Å². The summed E-state index contributed by atoms with van der Waals surface area (Å²) in [6.07, 6.45) is 8.11. The van der Waals surface area contributed by atoms with E-state index in [0.717, 1.165) is 82.5 Å². The average molecular weight is 571 g/mol. The predicted molar refractivity (Wildman–Crippen MR) is 181 cm³/mol. The number of aromatic nitrogens is 1. The van der Waals surface area contributed by atoms with Crippen LogP contribution < -0.4 is 10.1 Å². The third-order valence-electron chi connectivity index (χ3n) is 7.86. The number of rotatable bonds is 10. The summed E-state index contributed by atoms with van der Waals surface area (Å²) in [5, 5.41) is 4.85. The molecule has 0 radical (unpaired) electrons. The molecule has 2 aromatic carbocycles. The zero-order valence-electron chi connectivity index (χ0n) is 27.4. The minimum absolute atomic E-state index is 0.670. The monoisotopic (exact) mass is 570 g/mol. The summed E-state index contributed by atoms with van der Waals surface area (Å²) in [7, 11) is 0. The first-order chi connectivity index (χ1) is 20.4. The second kappa shape index (κ2) is 17.0. The normalized spacial score (nSPS) is 16.8. The minimum Gasteiger partial charge on any atom is -0.494 e. The van der Waals surface area contributed by atoms with Crippen molar-refractivity contribution in [3.63, 3.8) is 0 Å². The van der Waals surface area contributed by atoms with Gasteiger partial charge < -0.3 is 14.5 Å². The molecule has 0 saturated heterocycles. The van der Waals surface area contributed by atoms with E-state index in [9.17, 15) is 0 Å². The summed E-state index contributed by atoms with van der Waals surface area (Å²) in [5.41, 5.74) is 5.01. The number of furan rings is 1. The van der Waals surface area contributed by atoms with Gasteiger partial charge >= 0.3 is 0 Å². The lowest BCUT2D eigenvalue weighted by Crippen LogP contribution is -2.13. The number of hydrogen-bond donors (Lipinski definition) is 1. The number of fused-ring (bicyclic) bond motifs is 1. The molecule has 0 amide bonds. The molecule has 1 saturated carbocycles. The quantitative estimate of drug-likeness (QED) is 0.206. The van der Waals surface area contributed by atoms with E-state index < -0.39 is 0 Å². The summed E-state index contributed by atoms with van der Waals surface area (Å²) < 4.78 is 12.2. The van der Waals surface area contributed by atoms with Gasteiger partial charge in [-0.25, -0.2) is 4.98 Å². The van der Waals surface area contributed by atoms with E-state index in [-0.39, 0.29) is 0 Å². The van der Waals surface area contributed by atoms with E-state index in [4.69, 9.17) is 9.15 Å². The van der Waals surface area contributed by atoms with Crippen LogP contribution in [0.4, 0.5) is 5.69 Å². The summed E-state index contributed by atoms with van der Waals surface area (Å²) >= 11 is 0. The fraction of sp³-hybridized carbons (Fsp3) is 0.500. The highest BCUT2D eigenvalue weighted by molar-refractivity contribution is 6.06. The van der Waals surface area contributed by atoms with Crippen LogP contribution in [0.25, 0.3) is 33.6 Å². The fourth-order valence-corrected chi connectivity index (χ4v) is 5.58. The molecule has 0 spiro atoms. The molecule has 1 aliphatic rings. The first kappa shape index (κ1) is 33.2. The van der Waals surface area contributed by atoms with Gasteiger partial charge in [-0.1, -0.05) is 92.1 Å². The summed E-state index contributed by atoms with van der Waals surface area (Å²) in [6.45, 7) is 19.1. The lowest BCUT2D eigenvalue weighted by atomic mass is 9.90. The van der Waals surface area contributed by atoms with Crippen LogP contribution in [0.5, 0.6) is 5.75 Å². The largest absolute Gasteiger partial charge is 0.494 e. The lowest BCUT2D eigenvalue weighted by molar-refractivity contribution is 0.317. The zero-order valence-corrected chi connectivity index (χ0v) is 27.4. The Bertz CT molecular complexity index is 1310. The Morgan fingerprint density at radius 1 is 0.905 bits per heavy atom.